The monoisotopic (exact) mass is 229 g/mol. The van der Waals surface area contributed by atoms with E-state index in [0.717, 1.165) is 17.3 Å². The quantitative estimate of drug-likeness (QED) is 0.841. The van der Waals surface area contributed by atoms with Crippen LogP contribution in [0.15, 0.2) is 0 Å². The Labute approximate surface area is 95.2 Å². The summed E-state index contributed by atoms with van der Waals surface area (Å²) in [6.07, 6.45) is 0. The zero-order valence-corrected chi connectivity index (χ0v) is 10.6. The van der Waals surface area contributed by atoms with E-state index in [9.17, 15) is 0 Å². The molecule has 0 fully saturated rings. The second kappa shape index (κ2) is 5.21. The normalized spacial score (nSPS) is 10.7. The van der Waals surface area contributed by atoms with Gasteiger partial charge in [-0.15, -0.1) is 0 Å². The van der Waals surface area contributed by atoms with E-state index in [0.29, 0.717) is 18.3 Å². The van der Waals surface area contributed by atoms with Gasteiger partial charge in [-0.25, -0.2) is 0 Å². The van der Waals surface area contributed by atoms with Crippen LogP contribution in [0.25, 0.3) is 0 Å². The lowest BCUT2D eigenvalue weighted by Crippen LogP contribution is -2.22. The van der Waals surface area contributed by atoms with Crippen molar-refractivity contribution < 1.29 is 4.74 Å². The van der Waals surface area contributed by atoms with Crippen LogP contribution in [-0.4, -0.2) is 24.6 Å². The molecule has 0 saturated heterocycles. The third-order valence-electron chi connectivity index (χ3n) is 1.93. The van der Waals surface area contributed by atoms with Crippen LogP contribution in [0.5, 0.6) is 5.75 Å². The van der Waals surface area contributed by atoms with E-state index in [4.69, 9.17) is 10.5 Å². The molecule has 1 aromatic rings. The van der Waals surface area contributed by atoms with Gasteiger partial charge in [0, 0.05) is 13.6 Å². The lowest BCUT2D eigenvalue weighted by atomic mass is 10.2. The Morgan fingerprint density at radius 3 is 2.73 bits per heavy atom. The van der Waals surface area contributed by atoms with Crippen LogP contribution in [0.3, 0.4) is 0 Å². The van der Waals surface area contributed by atoms with Crippen LogP contribution in [0.2, 0.25) is 0 Å². The Morgan fingerprint density at radius 2 is 2.20 bits per heavy atom. The zero-order chi connectivity index (χ0) is 11.4. The first kappa shape index (κ1) is 12.1. The second-order valence-corrected chi connectivity index (χ2v) is 4.66. The molecule has 5 heteroatoms. The fourth-order valence-corrected chi connectivity index (χ4v) is 2.17. The zero-order valence-electron chi connectivity index (χ0n) is 9.78. The van der Waals surface area contributed by atoms with Gasteiger partial charge in [0.1, 0.15) is 0 Å². The van der Waals surface area contributed by atoms with Crippen LogP contribution >= 0.6 is 11.5 Å². The molecule has 0 aliphatic rings. The number of hydrogen-bond acceptors (Lipinski definition) is 5. The second-order valence-electron chi connectivity index (χ2n) is 3.91. The third kappa shape index (κ3) is 2.99. The molecule has 1 rings (SSSR count). The van der Waals surface area contributed by atoms with Gasteiger partial charge in [0.25, 0.3) is 0 Å². The summed E-state index contributed by atoms with van der Waals surface area (Å²) < 4.78 is 9.61. The molecule has 1 heterocycles. The lowest BCUT2D eigenvalue weighted by molar-refractivity contribution is 0.343. The van der Waals surface area contributed by atoms with Crippen molar-refractivity contribution in [1.29, 1.82) is 0 Å². The Bertz CT molecular complexity index is 312. The van der Waals surface area contributed by atoms with Crippen molar-refractivity contribution in [2.24, 2.45) is 5.92 Å². The van der Waals surface area contributed by atoms with E-state index < -0.39 is 0 Å². The summed E-state index contributed by atoms with van der Waals surface area (Å²) in [5.41, 5.74) is 5.74. The van der Waals surface area contributed by atoms with Crippen LogP contribution < -0.4 is 15.4 Å². The van der Waals surface area contributed by atoms with Crippen molar-refractivity contribution in [2.75, 3.05) is 30.8 Å². The smallest absolute Gasteiger partial charge is 0.197 e. The molecule has 0 aliphatic carbocycles. The predicted molar refractivity (Wildman–Crippen MR) is 65.8 cm³/mol. The topological polar surface area (TPSA) is 51.4 Å². The van der Waals surface area contributed by atoms with Gasteiger partial charge >= 0.3 is 0 Å². The van der Waals surface area contributed by atoms with E-state index in [1.165, 1.54) is 11.5 Å². The van der Waals surface area contributed by atoms with Crippen LogP contribution in [0.4, 0.5) is 10.8 Å². The molecule has 0 bridgehead atoms. The van der Waals surface area contributed by atoms with Gasteiger partial charge in [-0.1, -0.05) is 13.8 Å². The largest absolute Gasteiger partial charge is 0.487 e. The van der Waals surface area contributed by atoms with E-state index in [1.54, 1.807) is 0 Å². The van der Waals surface area contributed by atoms with Crippen molar-refractivity contribution in [3.8, 4) is 5.75 Å². The first-order valence-corrected chi connectivity index (χ1v) is 5.92. The molecular formula is C10H19N3OS. The summed E-state index contributed by atoms with van der Waals surface area (Å²) in [4.78, 5) is 2.14. The third-order valence-corrected chi connectivity index (χ3v) is 2.89. The van der Waals surface area contributed by atoms with Gasteiger partial charge in [0.05, 0.1) is 6.61 Å². The molecule has 0 aromatic carbocycles. The Morgan fingerprint density at radius 1 is 1.53 bits per heavy atom. The molecule has 0 aliphatic heterocycles. The number of aromatic nitrogens is 1. The summed E-state index contributed by atoms with van der Waals surface area (Å²) >= 11 is 1.39. The standard InChI is InChI=1S/C10H19N3OS/c1-5-14-8-9(11)12-15-10(8)13(4)6-7(2)3/h7H,5-6H2,1-4H3,(H2,11,12). The Hall–Kier alpha value is -0.970. The van der Waals surface area contributed by atoms with E-state index in [-0.39, 0.29) is 0 Å². The number of rotatable bonds is 5. The van der Waals surface area contributed by atoms with Gasteiger partial charge in [0.15, 0.2) is 16.6 Å². The molecular weight excluding hydrogens is 210 g/mol. The molecule has 0 atom stereocenters. The Balaban J connectivity index is 2.83. The van der Waals surface area contributed by atoms with Crippen LogP contribution in [-0.2, 0) is 0 Å². The fraction of sp³-hybridized carbons (Fsp3) is 0.700. The van der Waals surface area contributed by atoms with Gasteiger partial charge in [0.2, 0.25) is 0 Å². The molecule has 4 nitrogen and oxygen atoms in total. The molecule has 0 radical (unpaired) electrons. The van der Waals surface area contributed by atoms with Crippen molar-refractivity contribution in [3.63, 3.8) is 0 Å². The molecule has 2 N–H and O–H groups in total. The summed E-state index contributed by atoms with van der Waals surface area (Å²) in [7, 11) is 2.04. The molecule has 0 unspecified atom stereocenters. The lowest BCUT2D eigenvalue weighted by Gasteiger charge is -2.20. The molecule has 0 spiro atoms. The molecule has 0 saturated carbocycles. The number of hydrogen-bond donors (Lipinski definition) is 1. The maximum atomic E-state index is 5.74. The summed E-state index contributed by atoms with van der Waals surface area (Å²) in [6, 6.07) is 0. The summed E-state index contributed by atoms with van der Waals surface area (Å²) in [5, 5.41) is 1.02. The number of ether oxygens (including phenoxy) is 1. The van der Waals surface area contributed by atoms with Crippen molar-refractivity contribution >= 4 is 22.4 Å². The molecule has 86 valence electrons. The minimum Gasteiger partial charge on any atom is -0.487 e. The van der Waals surface area contributed by atoms with E-state index >= 15 is 0 Å². The number of anilines is 2. The predicted octanol–water partition coefficient (Wildman–Crippen LogP) is 2.22. The van der Waals surface area contributed by atoms with E-state index in [2.05, 4.69) is 23.1 Å². The number of nitrogens with zero attached hydrogens (tertiary/aromatic N) is 2. The van der Waals surface area contributed by atoms with Crippen LogP contribution in [0, 0.1) is 5.92 Å². The van der Waals surface area contributed by atoms with Gasteiger partial charge in [-0.05, 0) is 24.4 Å². The van der Waals surface area contributed by atoms with E-state index in [1.807, 2.05) is 14.0 Å². The molecule has 1 aromatic heterocycles. The highest BCUT2D eigenvalue weighted by Gasteiger charge is 2.16. The van der Waals surface area contributed by atoms with Gasteiger partial charge in [-0.2, -0.15) is 4.37 Å². The Kier molecular flexibility index (Phi) is 4.20. The van der Waals surface area contributed by atoms with Crippen molar-refractivity contribution in [1.82, 2.24) is 4.37 Å². The molecule has 15 heavy (non-hydrogen) atoms. The van der Waals surface area contributed by atoms with Gasteiger partial charge in [-0.3, -0.25) is 0 Å². The highest BCUT2D eigenvalue weighted by atomic mass is 32.1. The number of nitrogens with two attached hydrogens (primary N) is 1. The average molecular weight is 229 g/mol. The number of nitrogen functional groups attached to an aromatic ring is 1. The average Bonchev–Trinajstić information content (AvgIpc) is 2.48. The molecule has 0 amide bonds. The highest BCUT2D eigenvalue weighted by molar-refractivity contribution is 7.11. The maximum absolute atomic E-state index is 5.74. The highest BCUT2D eigenvalue weighted by Crippen LogP contribution is 2.37. The SMILES string of the molecule is CCOc1c(N)nsc1N(C)CC(C)C. The minimum atomic E-state index is 0.493. The van der Waals surface area contributed by atoms with Gasteiger partial charge < -0.3 is 15.4 Å². The summed E-state index contributed by atoms with van der Waals surface area (Å²) in [6.45, 7) is 7.90. The van der Waals surface area contributed by atoms with Crippen LogP contribution in [0.1, 0.15) is 20.8 Å². The summed E-state index contributed by atoms with van der Waals surface area (Å²) in [5.74, 6) is 1.82. The van der Waals surface area contributed by atoms with Crippen molar-refractivity contribution in [2.45, 2.75) is 20.8 Å². The maximum Gasteiger partial charge on any atom is 0.197 e. The fourth-order valence-electron chi connectivity index (χ4n) is 1.44. The van der Waals surface area contributed by atoms with Crippen molar-refractivity contribution in [3.05, 3.63) is 0 Å². The first-order valence-electron chi connectivity index (χ1n) is 5.15. The first-order chi connectivity index (χ1) is 7.06. The minimum absolute atomic E-state index is 0.493.